The molecule has 2 aliphatic rings. The van der Waals surface area contributed by atoms with E-state index in [0.717, 1.165) is 0 Å². The summed E-state index contributed by atoms with van der Waals surface area (Å²) >= 11 is 1.65. The van der Waals surface area contributed by atoms with Crippen molar-refractivity contribution in [3.63, 3.8) is 0 Å². The quantitative estimate of drug-likeness (QED) is 0.752. The molecule has 2 amide bonds. The predicted octanol–water partition coefficient (Wildman–Crippen LogP) is 2.24. The summed E-state index contributed by atoms with van der Waals surface area (Å²) in [6.45, 7) is -1.54. The summed E-state index contributed by atoms with van der Waals surface area (Å²) < 4.78 is 29.7. The molecular weight excluding hydrogens is 414 g/mol. The fraction of sp³-hybridized carbons (Fsp3) is 0.400. The van der Waals surface area contributed by atoms with Crippen molar-refractivity contribution in [2.75, 3.05) is 26.2 Å². The Morgan fingerprint density at radius 2 is 1.77 bits per heavy atom. The molecule has 160 valence electrons. The minimum Gasteiger partial charge on any atom is -0.434 e. The van der Waals surface area contributed by atoms with Crippen molar-refractivity contribution in [2.45, 2.75) is 25.1 Å². The molecule has 2 aliphatic heterocycles. The number of hydrogen-bond donors (Lipinski definition) is 2. The number of hydrogen-bond acceptors (Lipinski definition) is 6. The summed E-state index contributed by atoms with van der Waals surface area (Å²) in [5.74, 6) is -0.524. The van der Waals surface area contributed by atoms with Crippen LogP contribution in [0.4, 0.5) is 8.78 Å². The van der Waals surface area contributed by atoms with Gasteiger partial charge in [0.1, 0.15) is 11.8 Å². The van der Waals surface area contributed by atoms with E-state index in [1.807, 2.05) is 17.5 Å². The van der Waals surface area contributed by atoms with Crippen molar-refractivity contribution < 1.29 is 23.1 Å². The average Bonchev–Trinajstić information content (AvgIpc) is 3.45. The zero-order valence-corrected chi connectivity index (χ0v) is 16.9. The van der Waals surface area contributed by atoms with Crippen LogP contribution in [0, 0.1) is 0 Å². The molecule has 0 radical (unpaired) electrons. The van der Waals surface area contributed by atoms with Crippen LogP contribution in [0.3, 0.4) is 0 Å². The number of carbonyl (C=O) groups excluding carboxylic acids is 2. The van der Waals surface area contributed by atoms with Crippen LogP contribution < -0.4 is 15.6 Å². The molecule has 0 aliphatic carbocycles. The van der Waals surface area contributed by atoms with Crippen LogP contribution in [0.5, 0.6) is 5.75 Å². The normalized spacial score (nSPS) is 21.8. The summed E-state index contributed by atoms with van der Waals surface area (Å²) in [6.07, 6.45) is 0.664. The Kier molecular flexibility index (Phi) is 6.26. The SMILES string of the molecule is O=C(c1ccccc1OC(F)F)N1CCN(C(=O)C2CC(c3cccs3)NN2)CC1. The third-order valence-electron chi connectivity index (χ3n) is 5.30. The van der Waals surface area contributed by atoms with Crippen molar-refractivity contribution in [2.24, 2.45) is 0 Å². The lowest BCUT2D eigenvalue weighted by Gasteiger charge is -2.36. The summed E-state index contributed by atoms with van der Waals surface area (Å²) in [5.41, 5.74) is 6.34. The number of para-hydroxylation sites is 1. The van der Waals surface area contributed by atoms with Gasteiger partial charge in [0.2, 0.25) is 5.91 Å². The van der Waals surface area contributed by atoms with Crippen LogP contribution in [0.2, 0.25) is 0 Å². The number of halogens is 2. The van der Waals surface area contributed by atoms with E-state index in [0.29, 0.717) is 32.6 Å². The van der Waals surface area contributed by atoms with E-state index >= 15 is 0 Å². The minimum absolute atomic E-state index is 0.00455. The fourth-order valence-electron chi connectivity index (χ4n) is 3.76. The molecular formula is C20H22F2N4O3S. The van der Waals surface area contributed by atoms with Crippen LogP contribution in [0.25, 0.3) is 0 Å². The fourth-order valence-corrected chi connectivity index (χ4v) is 4.55. The van der Waals surface area contributed by atoms with Gasteiger partial charge in [0.15, 0.2) is 0 Å². The number of benzene rings is 1. The maximum absolute atomic E-state index is 12.9. The maximum atomic E-state index is 12.9. The highest BCUT2D eigenvalue weighted by molar-refractivity contribution is 7.10. The van der Waals surface area contributed by atoms with Crippen LogP contribution in [0.15, 0.2) is 41.8 Å². The third-order valence-corrected chi connectivity index (χ3v) is 6.29. The van der Waals surface area contributed by atoms with Crippen molar-refractivity contribution in [3.8, 4) is 5.75 Å². The van der Waals surface area contributed by atoms with E-state index in [1.165, 1.54) is 23.1 Å². The lowest BCUT2D eigenvalue weighted by Crippen LogP contribution is -2.54. The first kappa shape index (κ1) is 20.7. The summed E-state index contributed by atoms with van der Waals surface area (Å²) in [5, 5.41) is 2.01. The van der Waals surface area contributed by atoms with E-state index < -0.39 is 6.61 Å². The number of alkyl halides is 2. The molecule has 2 unspecified atom stereocenters. The monoisotopic (exact) mass is 436 g/mol. The number of rotatable bonds is 5. The van der Waals surface area contributed by atoms with E-state index in [2.05, 4.69) is 15.6 Å². The van der Waals surface area contributed by atoms with Crippen LogP contribution >= 0.6 is 11.3 Å². The van der Waals surface area contributed by atoms with E-state index in [4.69, 9.17) is 0 Å². The van der Waals surface area contributed by atoms with Gasteiger partial charge >= 0.3 is 6.61 Å². The molecule has 2 fully saturated rings. The van der Waals surface area contributed by atoms with Crippen molar-refractivity contribution >= 4 is 23.2 Å². The lowest BCUT2D eigenvalue weighted by atomic mass is 10.1. The van der Waals surface area contributed by atoms with Gasteiger partial charge in [0.05, 0.1) is 11.6 Å². The molecule has 0 saturated carbocycles. The Bertz CT molecular complexity index is 888. The van der Waals surface area contributed by atoms with Crippen molar-refractivity contribution in [1.82, 2.24) is 20.7 Å². The summed E-state index contributed by atoms with van der Waals surface area (Å²) in [6, 6.07) is 9.77. The van der Waals surface area contributed by atoms with E-state index in [1.54, 1.807) is 27.2 Å². The highest BCUT2D eigenvalue weighted by Gasteiger charge is 2.35. The zero-order valence-electron chi connectivity index (χ0n) is 16.1. The molecule has 2 aromatic rings. The molecule has 1 aromatic carbocycles. The second-order valence-electron chi connectivity index (χ2n) is 7.14. The Balaban J connectivity index is 1.33. The molecule has 4 rings (SSSR count). The van der Waals surface area contributed by atoms with Gasteiger partial charge in [0, 0.05) is 31.1 Å². The smallest absolute Gasteiger partial charge is 0.387 e. The highest BCUT2D eigenvalue weighted by atomic mass is 32.1. The Labute approximate surface area is 176 Å². The molecule has 10 heteroatoms. The van der Waals surface area contributed by atoms with Gasteiger partial charge in [-0.15, -0.1) is 11.3 Å². The second kappa shape index (κ2) is 9.07. The van der Waals surface area contributed by atoms with E-state index in [9.17, 15) is 18.4 Å². The van der Waals surface area contributed by atoms with Gasteiger partial charge in [0.25, 0.3) is 5.91 Å². The van der Waals surface area contributed by atoms with Crippen LogP contribution in [-0.2, 0) is 4.79 Å². The molecule has 2 N–H and O–H groups in total. The standard InChI is InChI=1S/C20H22F2N4O3S/c21-20(22)29-16-5-2-1-4-13(16)18(27)25-7-9-26(10-8-25)19(28)15-12-14(23-24-15)17-6-3-11-30-17/h1-6,11,14-15,20,23-24H,7-10,12H2. The largest absolute Gasteiger partial charge is 0.434 e. The van der Waals surface area contributed by atoms with Crippen LogP contribution in [-0.4, -0.2) is 60.4 Å². The number of nitrogens with zero attached hydrogens (tertiary/aromatic N) is 2. The first-order valence-corrected chi connectivity index (χ1v) is 10.6. The number of hydrazine groups is 1. The van der Waals surface area contributed by atoms with Gasteiger partial charge in [-0.2, -0.15) is 8.78 Å². The van der Waals surface area contributed by atoms with Gasteiger partial charge < -0.3 is 14.5 Å². The first-order valence-electron chi connectivity index (χ1n) is 9.69. The molecule has 2 saturated heterocycles. The van der Waals surface area contributed by atoms with Crippen molar-refractivity contribution in [3.05, 3.63) is 52.2 Å². The molecule has 3 heterocycles. The molecule has 0 spiro atoms. The number of amides is 2. The third kappa shape index (κ3) is 4.45. The second-order valence-corrected chi connectivity index (χ2v) is 8.12. The van der Waals surface area contributed by atoms with Crippen LogP contribution in [0.1, 0.15) is 27.7 Å². The lowest BCUT2D eigenvalue weighted by molar-refractivity contribution is -0.134. The molecule has 2 atom stereocenters. The number of piperazine rings is 1. The van der Waals surface area contributed by atoms with Gasteiger partial charge in [-0.3, -0.25) is 9.59 Å². The van der Waals surface area contributed by atoms with E-state index in [-0.39, 0.29) is 35.2 Å². The Morgan fingerprint density at radius 3 is 2.47 bits per heavy atom. The molecule has 7 nitrogen and oxygen atoms in total. The number of ether oxygens (including phenoxy) is 1. The minimum atomic E-state index is -3.00. The molecule has 30 heavy (non-hydrogen) atoms. The van der Waals surface area contributed by atoms with Gasteiger partial charge in [-0.05, 0) is 30.0 Å². The zero-order chi connectivity index (χ0) is 21.1. The Morgan fingerprint density at radius 1 is 1.03 bits per heavy atom. The number of carbonyl (C=O) groups is 2. The number of thiophene rings is 1. The molecule has 0 bridgehead atoms. The summed E-state index contributed by atoms with van der Waals surface area (Å²) in [7, 11) is 0. The topological polar surface area (TPSA) is 73.9 Å². The van der Waals surface area contributed by atoms with Gasteiger partial charge in [-0.25, -0.2) is 10.9 Å². The summed E-state index contributed by atoms with van der Waals surface area (Å²) in [4.78, 5) is 30.1. The number of nitrogens with one attached hydrogen (secondary N) is 2. The first-order chi connectivity index (χ1) is 14.5. The highest BCUT2D eigenvalue weighted by Crippen LogP contribution is 2.27. The maximum Gasteiger partial charge on any atom is 0.387 e. The van der Waals surface area contributed by atoms with Crippen molar-refractivity contribution in [1.29, 1.82) is 0 Å². The average molecular weight is 436 g/mol. The predicted molar refractivity (Wildman–Crippen MR) is 107 cm³/mol. The van der Waals surface area contributed by atoms with Gasteiger partial charge in [-0.1, -0.05) is 18.2 Å². The Hall–Kier alpha value is -2.56. The molecule has 1 aromatic heterocycles.